The summed E-state index contributed by atoms with van der Waals surface area (Å²) in [6, 6.07) is 16.9. The number of para-hydroxylation sites is 1. The van der Waals surface area contributed by atoms with Gasteiger partial charge in [-0.3, -0.25) is 13.9 Å². The van der Waals surface area contributed by atoms with E-state index in [1.807, 2.05) is 66.1 Å². The first kappa shape index (κ1) is 17.8. The molecule has 2 aromatic heterocycles. The predicted octanol–water partition coefficient (Wildman–Crippen LogP) is 5.03. The molecule has 0 fully saturated rings. The maximum atomic E-state index is 13.2. The Morgan fingerprint density at radius 3 is 2.33 bits per heavy atom. The van der Waals surface area contributed by atoms with Crippen LogP contribution in [0.5, 0.6) is 5.75 Å². The lowest BCUT2D eigenvalue weighted by molar-refractivity contribution is 0.340. The van der Waals surface area contributed by atoms with Crippen LogP contribution in [0, 0.1) is 8.73 Å². The van der Waals surface area contributed by atoms with Crippen molar-refractivity contribution in [1.29, 1.82) is 0 Å². The topological polar surface area (TPSA) is 51.9 Å². The highest BCUT2D eigenvalue weighted by molar-refractivity contribution is 7.73. The summed E-state index contributed by atoms with van der Waals surface area (Å²) in [5.74, 6) is 0.746. The minimum absolute atomic E-state index is 0.191. The number of ether oxygens (including phenoxy) is 1. The van der Waals surface area contributed by atoms with Crippen LogP contribution in [0.3, 0.4) is 0 Å². The quantitative estimate of drug-likeness (QED) is 0.477. The Morgan fingerprint density at radius 2 is 1.67 bits per heavy atom. The molecule has 5 nitrogen and oxygen atoms in total. The number of aromatic amines is 1. The lowest BCUT2D eigenvalue weighted by Gasteiger charge is -2.09. The number of H-pyrrole nitrogens is 1. The van der Waals surface area contributed by atoms with Crippen molar-refractivity contribution in [3.8, 4) is 17.1 Å². The van der Waals surface area contributed by atoms with Gasteiger partial charge in [0.1, 0.15) is 16.1 Å². The molecule has 0 saturated heterocycles. The molecule has 0 aliphatic rings. The summed E-state index contributed by atoms with van der Waals surface area (Å²) < 4.78 is 10.2. The van der Waals surface area contributed by atoms with Gasteiger partial charge in [0, 0.05) is 5.69 Å². The zero-order valence-electron chi connectivity index (χ0n) is 14.3. The van der Waals surface area contributed by atoms with E-state index < -0.39 is 0 Å². The molecule has 0 bridgehead atoms. The van der Waals surface area contributed by atoms with Gasteiger partial charge in [-0.05, 0) is 67.8 Å². The fourth-order valence-electron chi connectivity index (χ4n) is 2.89. The van der Waals surface area contributed by atoms with Gasteiger partial charge in [-0.15, -0.1) is 0 Å². The SMILES string of the molecule is CCOc1ccc(-n2c(=S)[nH]c3c(sc(=S)n3-c3ccccc3)c2=O)cc1. The third-order valence-corrected chi connectivity index (χ3v) is 5.70. The third-order valence-electron chi connectivity index (χ3n) is 4.06. The highest BCUT2D eigenvalue weighted by Crippen LogP contribution is 2.24. The zero-order valence-corrected chi connectivity index (χ0v) is 16.8. The van der Waals surface area contributed by atoms with Gasteiger partial charge in [0.15, 0.2) is 8.73 Å². The number of benzene rings is 2. The van der Waals surface area contributed by atoms with Gasteiger partial charge in [-0.25, -0.2) is 0 Å². The van der Waals surface area contributed by atoms with Gasteiger partial charge in [-0.1, -0.05) is 29.5 Å². The Balaban J connectivity index is 1.94. The molecule has 0 unspecified atom stereocenters. The van der Waals surface area contributed by atoms with Crippen molar-refractivity contribution in [3.05, 3.63) is 73.7 Å². The molecule has 0 spiro atoms. The highest BCUT2D eigenvalue weighted by atomic mass is 32.1. The summed E-state index contributed by atoms with van der Waals surface area (Å²) in [6.45, 7) is 2.51. The van der Waals surface area contributed by atoms with Crippen LogP contribution in [0.4, 0.5) is 0 Å². The van der Waals surface area contributed by atoms with Crippen molar-refractivity contribution >= 4 is 46.1 Å². The predicted molar refractivity (Wildman–Crippen MR) is 114 cm³/mol. The summed E-state index contributed by atoms with van der Waals surface area (Å²) >= 11 is 12.3. The van der Waals surface area contributed by atoms with E-state index in [0.717, 1.165) is 11.4 Å². The molecule has 0 radical (unpaired) electrons. The fraction of sp³-hybridized carbons (Fsp3) is 0.105. The van der Waals surface area contributed by atoms with E-state index in [2.05, 4.69) is 4.98 Å². The van der Waals surface area contributed by atoms with Gasteiger partial charge in [0.2, 0.25) is 0 Å². The molecule has 4 aromatic rings. The van der Waals surface area contributed by atoms with Crippen LogP contribution in [0.1, 0.15) is 6.92 Å². The average Bonchev–Trinajstić information content (AvgIpc) is 3.00. The summed E-state index contributed by atoms with van der Waals surface area (Å²) in [5, 5.41) is 0. The van der Waals surface area contributed by atoms with Gasteiger partial charge in [-0.2, -0.15) is 0 Å². The lowest BCUT2D eigenvalue weighted by atomic mass is 10.3. The number of hydrogen-bond donors (Lipinski definition) is 1. The number of fused-ring (bicyclic) bond motifs is 1. The number of hydrogen-bond acceptors (Lipinski definition) is 5. The molecule has 0 saturated carbocycles. The molecular weight excluding hydrogens is 398 g/mol. The second-order valence-corrected chi connectivity index (χ2v) is 7.75. The van der Waals surface area contributed by atoms with Crippen LogP contribution in [0.2, 0.25) is 0 Å². The molecule has 4 rings (SSSR count). The molecule has 0 aliphatic heterocycles. The molecule has 136 valence electrons. The number of thiazole rings is 1. The maximum Gasteiger partial charge on any atom is 0.278 e. The average molecular weight is 414 g/mol. The highest BCUT2D eigenvalue weighted by Gasteiger charge is 2.15. The summed E-state index contributed by atoms with van der Waals surface area (Å²) in [6.07, 6.45) is 0. The molecule has 27 heavy (non-hydrogen) atoms. The molecule has 0 aliphatic carbocycles. The Morgan fingerprint density at radius 1 is 1.00 bits per heavy atom. The van der Waals surface area contributed by atoms with E-state index in [9.17, 15) is 4.79 Å². The molecule has 1 N–H and O–H groups in total. The molecule has 0 amide bonds. The Hall–Kier alpha value is -2.55. The van der Waals surface area contributed by atoms with Gasteiger partial charge in [0.25, 0.3) is 5.56 Å². The number of aromatic nitrogens is 3. The number of nitrogens with zero attached hydrogens (tertiary/aromatic N) is 2. The minimum Gasteiger partial charge on any atom is -0.494 e. The maximum absolute atomic E-state index is 13.2. The van der Waals surface area contributed by atoms with E-state index in [-0.39, 0.29) is 5.56 Å². The van der Waals surface area contributed by atoms with Gasteiger partial charge in [0.05, 0.1) is 12.3 Å². The van der Waals surface area contributed by atoms with Crippen LogP contribution < -0.4 is 10.3 Å². The third kappa shape index (κ3) is 3.16. The second-order valence-electron chi connectivity index (χ2n) is 5.71. The smallest absolute Gasteiger partial charge is 0.278 e. The van der Waals surface area contributed by atoms with E-state index in [4.69, 9.17) is 29.2 Å². The minimum atomic E-state index is -0.191. The number of rotatable bonds is 4. The summed E-state index contributed by atoms with van der Waals surface area (Å²) in [5.41, 5.74) is 1.99. The van der Waals surface area contributed by atoms with Crippen molar-refractivity contribution in [2.45, 2.75) is 6.92 Å². The largest absolute Gasteiger partial charge is 0.494 e. The number of nitrogens with one attached hydrogen (secondary N) is 1. The second kappa shape index (κ2) is 7.22. The monoisotopic (exact) mass is 413 g/mol. The van der Waals surface area contributed by atoms with Crippen LogP contribution >= 0.6 is 35.8 Å². The first-order valence-corrected chi connectivity index (χ1v) is 9.93. The van der Waals surface area contributed by atoms with Crippen molar-refractivity contribution in [1.82, 2.24) is 14.1 Å². The van der Waals surface area contributed by atoms with Crippen LogP contribution in [-0.4, -0.2) is 20.7 Å². The van der Waals surface area contributed by atoms with Crippen molar-refractivity contribution in [3.63, 3.8) is 0 Å². The van der Waals surface area contributed by atoms with Crippen LogP contribution in [0.15, 0.2) is 59.4 Å². The Kier molecular flexibility index (Phi) is 4.77. The van der Waals surface area contributed by atoms with E-state index in [0.29, 0.717) is 31.4 Å². The van der Waals surface area contributed by atoms with Crippen molar-refractivity contribution in [2.24, 2.45) is 0 Å². The zero-order chi connectivity index (χ0) is 19.0. The molecule has 8 heteroatoms. The standard InChI is InChI=1S/C19H15N3O2S3/c1-2-24-14-10-8-13(9-11-14)22-17(23)15-16(20-18(22)25)21(19(26)27-15)12-6-4-3-5-7-12/h3-11H,2H2,1H3,(H,20,25). The molecule has 2 heterocycles. The van der Waals surface area contributed by atoms with Crippen molar-refractivity contribution < 1.29 is 4.74 Å². The summed E-state index contributed by atoms with van der Waals surface area (Å²) in [7, 11) is 0. The van der Waals surface area contributed by atoms with Gasteiger partial charge >= 0.3 is 0 Å². The van der Waals surface area contributed by atoms with Crippen LogP contribution in [-0.2, 0) is 0 Å². The van der Waals surface area contributed by atoms with E-state index in [1.165, 1.54) is 15.9 Å². The summed E-state index contributed by atoms with van der Waals surface area (Å²) in [4.78, 5) is 16.3. The Bertz CT molecular complexity index is 1280. The fourth-order valence-corrected chi connectivity index (χ4v) is 4.50. The lowest BCUT2D eigenvalue weighted by Crippen LogP contribution is -2.20. The molecule has 2 aromatic carbocycles. The van der Waals surface area contributed by atoms with E-state index >= 15 is 0 Å². The molecular formula is C19H15N3O2S3. The first-order valence-electron chi connectivity index (χ1n) is 8.29. The first-order chi connectivity index (χ1) is 13.1. The normalized spacial score (nSPS) is 11.0. The molecule has 0 atom stereocenters. The Labute approximate surface area is 169 Å². The van der Waals surface area contributed by atoms with E-state index in [1.54, 1.807) is 0 Å². The van der Waals surface area contributed by atoms with Crippen LogP contribution in [0.25, 0.3) is 21.7 Å². The van der Waals surface area contributed by atoms with Gasteiger partial charge < -0.3 is 9.72 Å². The van der Waals surface area contributed by atoms with Crippen molar-refractivity contribution in [2.75, 3.05) is 6.61 Å².